The van der Waals surface area contributed by atoms with Gasteiger partial charge in [0.1, 0.15) is 11.5 Å². The third-order valence-electron chi connectivity index (χ3n) is 8.13. The number of amides is 1. The Labute approximate surface area is 298 Å². The van der Waals surface area contributed by atoms with E-state index in [0.29, 0.717) is 40.0 Å². The predicted octanol–water partition coefficient (Wildman–Crippen LogP) is 5.50. The van der Waals surface area contributed by atoms with Gasteiger partial charge in [-0.2, -0.15) is 4.68 Å². The van der Waals surface area contributed by atoms with Crippen LogP contribution < -0.4 is 15.4 Å². The van der Waals surface area contributed by atoms with E-state index in [0.717, 1.165) is 77.1 Å². The highest BCUT2D eigenvalue weighted by atomic mass is 35.5. The second kappa shape index (κ2) is 16.8. The number of esters is 1. The van der Waals surface area contributed by atoms with Gasteiger partial charge in [-0.15, -0.1) is 16.4 Å². The van der Waals surface area contributed by atoms with Crippen molar-refractivity contribution in [3.05, 3.63) is 77.2 Å². The van der Waals surface area contributed by atoms with Gasteiger partial charge in [0.15, 0.2) is 0 Å². The highest BCUT2D eigenvalue weighted by Gasteiger charge is 2.28. The normalized spacial score (nSPS) is 14.9. The summed E-state index contributed by atoms with van der Waals surface area (Å²) in [6.07, 6.45) is 7.24. The second-order valence-electron chi connectivity index (χ2n) is 11.2. The van der Waals surface area contributed by atoms with Gasteiger partial charge in [0, 0.05) is 30.6 Å². The van der Waals surface area contributed by atoms with Crippen molar-refractivity contribution in [2.45, 2.75) is 75.9 Å². The van der Waals surface area contributed by atoms with Crippen LogP contribution in [-0.4, -0.2) is 71.5 Å². The first-order valence-corrected chi connectivity index (χ1v) is 18.3. The van der Waals surface area contributed by atoms with Crippen LogP contribution in [0.15, 0.2) is 55.9 Å². The number of rotatable bonds is 7. The fourth-order valence-corrected chi connectivity index (χ4v) is 7.84. The molecule has 49 heavy (non-hydrogen) atoms. The molecule has 0 atom stereocenters. The third kappa shape index (κ3) is 8.53. The summed E-state index contributed by atoms with van der Waals surface area (Å²) in [7, 11) is 1.30. The van der Waals surface area contributed by atoms with Crippen LogP contribution in [0.3, 0.4) is 0 Å². The Morgan fingerprint density at radius 2 is 1.76 bits per heavy atom. The molecule has 6 rings (SSSR count). The lowest BCUT2D eigenvalue weighted by Gasteiger charge is -2.32. The lowest BCUT2D eigenvalue weighted by atomic mass is 9.94. The molecule has 1 fully saturated rings. The van der Waals surface area contributed by atoms with Crippen LogP contribution >= 0.6 is 46.3 Å². The van der Waals surface area contributed by atoms with Crippen LogP contribution in [0.2, 0.25) is 10.0 Å². The number of aromatic nitrogens is 6. The Morgan fingerprint density at radius 3 is 2.45 bits per heavy atom. The van der Waals surface area contributed by atoms with E-state index in [1.165, 1.54) is 19.6 Å². The lowest BCUT2D eigenvalue weighted by molar-refractivity contribution is -0.137. The molecule has 3 heterocycles. The minimum atomic E-state index is -0.609. The number of para-hydroxylation sites is 1. The van der Waals surface area contributed by atoms with Crippen molar-refractivity contribution in [2.24, 2.45) is 4.99 Å². The first kappa shape index (κ1) is 36.5. The number of nitrogens with zero attached hydrogens (tertiary/aromatic N) is 8. The quantitative estimate of drug-likeness (QED) is 0.137. The lowest BCUT2D eigenvalue weighted by Crippen LogP contribution is -2.46. The Kier molecular flexibility index (Phi) is 12.5. The van der Waals surface area contributed by atoms with Crippen molar-refractivity contribution >= 4 is 64.0 Å². The van der Waals surface area contributed by atoms with E-state index in [2.05, 4.69) is 20.2 Å². The number of ether oxygens (including phenoxy) is 1. The monoisotopic (exact) mass is 752 g/mol. The number of tetrazole rings is 1. The average Bonchev–Trinajstić information content (AvgIpc) is 3.65. The van der Waals surface area contributed by atoms with E-state index in [-0.39, 0.29) is 27.4 Å². The van der Waals surface area contributed by atoms with Gasteiger partial charge in [0.25, 0.3) is 0 Å². The third-order valence-corrected chi connectivity index (χ3v) is 10.8. The molecule has 0 N–H and O–H groups in total. The van der Waals surface area contributed by atoms with E-state index < -0.39 is 23.5 Å². The van der Waals surface area contributed by atoms with Crippen molar-refractivity contribution in [2.75, 3.05) is 19.4 Å². The summed E-state index contributed by atoms with van der Waals surface area (Å²) in [4.78, 5) is 55.5. The van der Waals surface area contributed by atoms with Crippen LogP contribution in [0.5, 0.6) is 0 Å². The maximum Gasteiger partial charge on any atom is 0.377 e. The van der Waals surface area contributed by atoms with Gasteiger partial charge in [0.2, 0.25) is 4.80 Å². The average molecular weight is 754 g/mol. The van der Waals surface area contributed by atoms with Crippen molar-refractivity contribution in [3.8, 4) is 5.69 Å². The molecule has 0 spiro atoms. The molecule has 0 bridgehead atoms. The smallest absolute Gasteiger partial charge is 0.377 e. The van der Waals surface area contributed by atoms with Crippen molar-refractivity contribution < 1.29 is 18.7 Å². The maximum absolute atomic E-state index is 14.3. The summed E-state index contributed by atoms with van der Waals surface area (Å²) in [6, 6.07) is 9.20. The predicted molar refractivity (Wildman–Crippen MR) is 186 cm³/mol. The molecule has 0 radical (unpaired) electrons. The fourth-order valence-electron chi connectivity index (χ4n) is 5.64. The molecule has 4 aromatic rings. The summed E-state index contributed by atoms with van der Waals surface area (Å²) in [5.41, 5.74) is -0.120. The number of benzene rings is 2. The molecular formula is C31H35Cl2FN8O5S2. The molecule has 0 saturated heterocycles. The molecule has 262 valence electrons. The highest BCUT2D eigenvalue weighted by Crippen LogP contribution is 2.33. The van der Waals surface area contributed by atoms with E-state index in [1.54, 1.807) is 38.5 Å². The SMILES string of the molecule is CCN(C(=O)n1nnn(-c2ccccc2Cl)c1=O)C1CCCCC1.COC(=O)CSc1cc(N=c2sc(=O)n3n2CCCC3)c(F)cc1Cl. The molecule has 1 aliphatic carbocycles. The van der Waals surface area contributed by atoms with E-state index in [1.807, 2.05) is 6.92 Å². The Balaban J connectivity index is 0.000000191. The second-order valence-corrected chi connectivity index (χ2v) is 14.0. The Morgan fingerprint density at radius 1 is 1.04 bits per heavy atom. The summed E-state index contributed by atoms with van der Waals surface area (Å²) >= 11 is 14.3. The maximum atomic E-state index is 14.3. The van der Waals surface area contributed by atoms with Crippen LogP contribution in [-0.2, 0) is 22.6 Å². The summed E-state index contributed by atoms with van der Waals surface area (Å²) in [6.45, 7) is 3.77. The molecule has 18 heteroatoms. The first-order valence-electron chi connectivity index (χ1n) is 15.8. The molecule has 2 aromatic heterocycles. The van der Waals surface area contributed by atoms with Gasteiger partial charge < -0.3 is 9.64 Å². The summed E-state index contributed by atoms with van der Waals surface area (Å²) < 4.78 is 24.1. The number of hydrogen-bond acceptors (Lipinski definition) is 10. The molecule has 1 saturated carbocycles. The number of hydrogen-bond donors (Lipinski definition) is 0. The van der Waals surface area contributed by atoms with Crippen LogP contribution in [0.25, 0.3) is 5.69 Å². The number of thioether (sulfide) groups is 1. The largest absolute Gasteiger partial charge is 0.468 e. The standard InChI is InChI=1S/C16H20ClN5O2.C15H15ClFN3O3S2/c1-2-20(12-8-4-3-5-9-12)15(23)22-16(24)21(18-19-22)14-11-7-6-10-13(14)17;1-23-13(21)8-24-12-7-11(10(17)6-9(12)16)18-14-19-4-2-3-5-20(19)15(22)25-14/h6-7,10-12H,2-5,8-9H2,1H3;6-7H,2-5,8H2,1H3. The fraction of sp³-hybridized carbons (Fsp3) is 0.452. The van der Waals surface area contributed by atoms with Crippen LogP contribution in [0, 0.1) is 5.82 Å². The number of carbonyl (C=O) groups is 2. The number of fused-ring (bicyclic) bond motifs is 1. The van der Waals surface area contributed by atoms with E-state index in [9.17, 15) is 23.6 Å². The molecule has 0 unspecified atom stereocenters. The summed E-state index contributed by atoms with van der Waals surface area (Å²) in [5, 5.41) is 8.15. The van der Waals surface area contributed by atoms with Crippen LogP contribution in [0.4, 0.5) is 14.9 Å². The molecule has 13 nitrogen and oxygen atoms in total. The van der Waals surface area contributed by atoms with Crippen LogP contribution in [0.1, 0.15) is 51.9 Å². The van der Waals surface area contributed by atoms with Gasteiger partial charge in [-0.05, 0) is 78.6 Å². The molecule has 1 aliphatic heterocycles. The van der Waals surface area contributed by atoms with Gasteiger partial charge in [-0.1, -0.05) is 54.6 Å². The van der Waals surface area contributed by atoms with E-state index >= 15 is 0 Å². The zero-order valence-corrected chi connectivity index (χ0v) is 30.0. The first-order chi connectivity index (χ1) is 23.6. The molecular weight excluding hydrogens is 718 g/mol. The Hall–Kier alpha value is -3.73. The minimum Gasteiger partial charge on any atom is -0.468 e. The number of carbonyl (C=O) groups excluding carboxylic acids is 2. The number of halogens is 3. The van der Waals surface area contributed by atoms with Gasteiger partial charge in [-0.25, -0.2) is 23.7 Å². The minimum absolute atomic E-state index is 0.0605. The zero-order valence-electron chi connectivity index (χ0n) is 26.9. The highest BCUT2D eigenvalue weighted by molar-refractivity contribution is 8.00. The van der Waals surface area contributed by atoms with Gasteiger partial charge in [0.05, 0.1) is 28.6 Å². The molecule has 2 aromatic carbocycles. The van der Waals surface area contributed by atoms with Gasteiger partial charge in [-0.3, -0.25) is 14.3 Å². The zero-order chi connectivity index (χ0) is 35.1. The van der Waals surface area contributed by atoms with Crippen molar-refractivity contribution in [1.82, 2.24) is 34.1 Å². The Bertz CT molecular complexity index is 2000. The molecule has 2 aliphatic rings. The van der Waals surface area contributed by atoms with Gasteiger partial charge >= 0.3 is 22.6 Å². The topological polar surface area (TPSA) is 139 Å². The molecule has 1 amide bonds. The summed E-state index contributed by atoms with van der Waals surface area (Å²) in [5.74, 6) is -0.923. The number of methoxy groups -OCH3 is 1. The van der Waals surface area contributed by atoms with Crippen molar-refractivity contribution in [3.63, 3.8) is 0 Å². The van der Waals surface area contributed by atoms with Crippen molar-refractivity contribution in [1.29, 1.82) is 0 Å². The van der Waals surface area contributed by atoms with E-state index in [4.69, 9.17) is 23.2 Å².